The van der Waals surface area contributed by atoms with Gasteiger partial charge in [-0.1, -0.05) is 26.7 Å². The minimum absolute atomic E-state index is 0.110. The van der Waals surface area contributed by atoms with E-state index in [2.05, 4.69) is 13.8 Å². The summed E-state index contributed by atoms with van der Waals surface area (Å²) in [7, 11) is 1.80. The Kier molecular flexibility index (Phi) is 5.69. The lowest BCUT2D eigenvalue weighted by Gasteiger charge is -2.23. The number of nitrogens with zero attached hydrogens (tertiary/aromatic N) is 1. The van der Waals surface area contributed by atoms with Crippen molar-refractivity contribution in [2.24, 2.45) is 5.92 Å². The van der Waals surface area contributed by atoms with Crippen LogP contribution < -0.4 is 4.90 Å². The maximum atomic E-state index is 12.4. The molecular weight excluding hydrogens is 226 g/mol. The van der Waals surface area contributed by atoms with Crippen LogP contribution in [0.15, 0.2) is 24.3 Å². The Morgan fingerprint density at radius 1 is 1.17 bits per heavy atom. The van der Waals surface area contributed by atoms with Gasteiger partial charge in [0.2, 0.25) is 5.91 Å². The lowest BCUT2D eigenvalue weighted by Crippen LogP contribution is -2.32. The van der Waals surface area contributed by atoms with Crippen LogP contribution in [-0.2, 0) is 4.79 Å². The summed E-state index contributed by atoms with van der Waals surface area (Å²) in [5.74, 6) is 0.501. The summed E-state index contributed by atoms with van der Waals surface area (Å²) in [4.78, 5) is 14.1. The molecule has 100 valence electrons. The van der Waals surface area contributed by atoms with E-state index in [1.165, 1.54) is 0 Å². The maximum absolute atomic E-state index is 12.4. The van der Waals surface area contributed by atoms with Crippen molar-refractivity contribution in [3.05, 3.63) is 24.3 Å². The van der Waals surface area contributed by atoms with E-state index in [-0.39, 0.29) is 17.6 Å². The fourth-order valence-electron chi connectivity index (χ4n) is 2.17. The predicted molar refractivity (Wildman–Crippen MR) is 74.8 cm³/mol. The zero-order chi connectivity index (χ0) is 13.5. The summed E-state index contributed by atoms with van der Waals surface area (Å²) < 4.78 is 0. The minimum atomic E-state index is 0.110. The Balaban J connectivity index is 2.77. The van der Waals surface area contributed by atoms with Crippen molar-refractivity contribution >= 4 is 11.6 Å². The van der Waals surface area contributed by atoms with Crippen molar-refractivity contribution < 1.29 is 9.90 Å². The number of rotatable bonds is 6. The molecule has 0 aliphatic heterocycles. The van der Waals surface area contributed by atoms with Crippen LogP contribution >= 0.6 is 0 Å². The molecule has 0 spiro atoms. The third kappa shape index (κ3) is 3.76. The first kappa shape index (κ1) is 14.6. The highest BCUT2D eigenvalue weighted by atomic mass is 16.3. The molecule has 0 fully saturated rings. The molecule has 0 aliphatic carbocycles. The van der Waals surface area contributed by atoms with E-state index >= 15 is 0 Å². The first-order chi connectivity index (χ1) is 8.60. The van der Waals surface area contributed by atoms with Gasteiger partial charge in [0.1, 0.15) is 5.75 Å². The van der Waals surface area contributed by atoms with Gasteiger partial charge < -0.3 is 10.0 Å². The number of anilines is 1. The monoisotopic (exact) mass is 249 g/mol. The van der Waals surface area contributed by atoms with Gasteiger partial charge in [-0.2, -0.15) is 0 Å². The van der Waals surface area contributed by atoms with Crippen LogP contribution in [0.3, 0.4) is 0 Å². The molecule has 3 nitrogen and oxygen atoms in total. The molecule has 1 aromatic carbocycles. The van der Waals surface area contributed by atoms with E-state index in [1.54, 1.807) is 36.2 Å². The first-order valence-corrected chi connectivity index (χ1v) is 6.66. The van der Waals surface area contributed by atoms with Crippen molar-refractivity contribution in [2.45, 2.75) is 39.5 Å². The molecule has 0 saturated heterocycles. The minimum Gasteiger partial charge on any atom is -0.508 e. The van der Waals surface area contributed by atoms with Crippen LogP contribution in [0.25, 0.3) is 0 Å². The Hall–Kier alpha value is -1.51. The molecule has 1 aromatic rings. The first-order valence-electron chi connectivity index (χ1n) is 6.66. The average Bonchev–Trinajstić information content (AvgIpc) is 2.38. The van der Waals surface area contributed by atoms with E-state index in [1.807, 2.05) is 0 Å². The van der Waals surface area contributed by atoms with Gasteiger partial charge in [-0.3, -0.25) is 4.79 Å². The Bertz CT molecular complexity index is 367. The molecule has 1 amide bonds. The topological polar surface area (TPSA) is 40.5 Å². The largest absolute Gasteiger partial charge is 0.508 e. The number of amides is 1. The summed E-state index contributed by atoms with van der Waals surface area (Å²) in [6, 6.07) is 6.74. The second-order valence-electron chi connectivity index (χ2n) is 4.69. The number of hydrogen-bond acceptors (Lipinski definition) is 2. The van der Waals surface area contributed by atoms with E-state index in [0.29, 0.717) is 0 Å². The van der Waals surface area contributed by atoms with E-state index in [0.717, 1.165) is 31.4 Å². The van der Waals surface area contributed by atoms with E-state index < -0.39 is 0 Å². The highest BCUT2D eigenvalue weighted by Gasteiger charge is 2.21. The molecule has 3 heteroatoms. The molecule has 1 rings (SSSR count). The Morgan fingerprint density at radius 3 is 2.11 bits per heavy atom. The molecule has 0 atom stereocenters. The lowest BCUT2D eigenvalue weighted by atomic mass is 9.96. The molecule has 0 heterocycles. The summed E-state index contributed by atoms with van der Waals surface area (Å²) >= 11 is 0. The smallest absolute Gasteiger partial charge is 0.229 e. The van der Waals surface area contributed by atoms with Crippen LogP contribution in [0.4, 0.5) is 5.69 Å². The number of phenols is 1. The fraction of sp³-hybridized carbons (Fsp3) is 0.533. The summed E-state index contributed by atoms with van der Waals surface area (Å²) in [6.07, 6.45) is 3.93. The molecule has 0 bridgehead atoms. The lowest BCUT2D eigenvalue weighted by molar-refractivity contribution is -0.122. The van der Waals surface area contributed by atoms with Gasteiger partial charge in [-0.25, -0.2) is 0 Å². The van der Waals surface area contributed by atoms with Crippen LogP contribution in [0, 0.1) is 5.92 Å². The molecule has 0 unspecified atom stereocenters. The van der Waals surface area contributed by atoms with Crippen molar-refractivity contribution in [1.29, 1.82) is 0 Å². The summed E-state index contributed by atoms with van der Waals surface area (Å²) in [6.45, 7) is 4.22. The fourth-order valence-corrected chi connectivity index (χ4v) is 2.17. The zero-order valence-electron chi connectivity index (χ0n) is 11.5. The SMILES string of the molecule is CCCC(CCC)C(=O)N(C)c1ccc(O)cc1. The van der Waals surface area contributed by atoms with Gasteiger partial charge in [0, 0.05) is 18.7 Å². The second kappa shape index (κ2) is 7.04. The van der Waals surface area contributed by atoms with Crippen LogP contribution in [0.5, 0.6) is 5.75 Å². The standard InChI is InChI=1S/C15H23NO2/c1-4-6-12(7-5-2)15(18)16(3)13-8-10-14(17)11-9-13/h8-12,17H,4-7H2,1-3H3. The quantitative estimate of drug-likeness (QED) is 0.837. The number of phenolic OH excluding ortho intramolecular Hbond substituents is 1. The second-order valence-corrected chi connectivity index (χ2v) is 4.69. The van der Waals surface area contributed by atoms with Gasteiger partial charge >= 0.3 is 0 Å². The molecule has 0 saturated carbocycles. The van der Waals surface area contributed by atoms with Gasteiger partial charge in [0.15, 0.2) is 0 Å². The Morgan fingerprint density at radius 2 is 1.67 bits per heavy atom. The zero-order valence-corrected chi connectivity index (χ0v) is 11.5. The van der Waals surface area contributed by atoms with Crippen molar-refractivity contribution in [2.75, 3.05) is 11.9 Å². The van der Waals surface area contributed by atoms with E-state index in [9.17, 15) is 9.90 Å². The highest BCUT2D eigenvalue weighted by Crippen LogP contribution is 2.22. The van der Waals surface area contributed by atoms with Gasteiger partial charge in [0.25, 0.3) is 0 Å². The molecule has 0 radical (unpaired) electrons. The third-order valence-corrected chi connectivity index (χ3v) is 3.19. The van der Waals surface area contributed by atoms with Crippen LogP contribution in [0.2, 0.25) is 0 Å². The maximum Gasteiger partial charge on any atom is 0.229 e. The summed E-state index contributed by atoms with van der Waals surface area (Å²) in [5.41, 5.74) is 0.829. The van der Waals surface area contributed by atoms with Gasteiger partial charge in [0.05, 0.1) is 0 Å². The van der Waals surface area contributed by atoms with E-state index in [4.69, 9.17) is 0 Å². The van der Waals surface area contributed by atoms with Gasteiger partial charge in [-0.05, 0) is 37.1 Å². The van der Waals surface area contributed by atoms with Crippen LogP contribution in [0.1, 0.15) is 39.5 Å². The number of benzene rings is 1. The van der Waals surface area contributed by atoms with Gasteiger partial charge in [-0.15, -0.1) is 0 Å². The predicted octanol–water partition coefficient (Wildman–Crippen LogP) is 3.57. The van der Waals surface area contributed by atoms with Crippen molar-refractivity contribution in [1.82, 2.24) is 0 Å². The van der Waals surface area contributed by atoms with Crippen molar-refractivity contribution in [3.8, 4) is 5.75 Å². The molecule has 0 aliphatic rings. The highest BCUT2D eigenvalue weighted by molar-refractivity contribution is 5.94. The number of carbonyl (C=O) groups is 1. The summed E-state index contributed by atoms with van der Waals surface area (Å²) in [5, 5.41) is 9.25. The molecule has 0 aromatic heterocycles. The number of carbonyl (C=O) groups excluding carboxylic acids is 1. The normalized spacial score (nSPS) is 10.7. The average molecular weight is 249 g/mol. The Labute approximate surface area is 109 Å². The molecular formula is C15H23NO2. The third-order valence-electron chi connectivity index (χ3n) is 3.19. The molecule has 18 heavy (non-hydrogen) atoms. The number of hydrogen-bond donors (Lipinski definition) is 1. The van der Waals surface area contributed by atoms with Crippen molar-refractivity contribution in [3.63, 3.8) is 0 Å². The molecule has 1 N–H and O–H groups in total. The van der Waals surface area contributed by atoms with Crippen LogP contribution in [-0.4, -0.2) is 18.1 Å². The number of aromatic hydroxyl groups is 1.